The quantitative estimate of drug-likeness (QED) is 0.159. The predicted octanol–water partition coefficient (Wildman–Crippen LogP) is 0.250. The number of anilines is 1. The average Bonchev–Trinajstić information content (AvgIpc) is 3.15. The van der Waals surface area contributed by atoms with Crippen molar-refractivity contribution in [2.24, 2.45) is 0 Å². The molecule has 2 aromatic rings. The summed E-state index contributed by atoms with van der Waals surface area (Å²) in [5.74, 6) is 0.108. The number of phosphoric acid groups is 1. The first kappa shape index (κ1) is 21.4. The molecule has 0 unspecified atom stereocenters. The molecule has 2 aromatic heterocycles. The molecule has 0 aromatic carbocycles. The first-order valence-electron chi connectivity index (χ1n) is 7.59. The van der Waals surface area contributed by atoms with Crippen molar-refractivity contribution >= 4 is 52.5 Å². The van der Waals surface area contributed by atoms with Gasteiger partial charge in [0.1, 0.15) is 23.8 Å². The summed E-state index contributed by atoms with van der Waals surface area (Å²) in [6.45, 7) is -0.618. The standard InChI is InChI=1S/C13H15BrN5O7PS/c14-2-1-3-28-13-17-10(15)7-11(18-13)19(5-16-7)12-9(21)8(20)6(26-12)4-25-27(22,23)24/h2-3,5-6,8-9,12,20-21H,4H2,(H2,15,17,18)(H2,22,23,24)/t1?,6-,8-,9-,12-/m1/s1. The average molecular weight is 496 g/mol. The smallest absolute Gasteiger partial charge is 0.387 e. The van der Waals surface area contributed by atoms with Crippen molar-refractivity contribution in [2.75, 3.05) is 12.3 Å². The fourth-order valence-electron chi connectivity index (χ4n) is 2.54. The Morgan fingerprint density at radius 2 is 2.18 bits per heavy atom. The Hall–Kier alpha value is -1.31. The van der Waals surface area contributed by atoms with Crippen LogP contribution in [0.3, 0.4) is 0 Å². The van der Waals surface area contributed by atoms with Gasteiger partial charge in [0.2, 0.25) is 0 Å². The number of fused-ring (bicyclic) bond motifs is 1. The minimum Gasteiger partial charge on any atom is -0.387 e. The van der Waals surface area contributed by atoms with Gasteiger partial charge in [0.25, 0.3) is 0 Å². The van der Waals surface area contributed by atoms with Crippen LogP contribution < -0.4 is 5.73 Å². The summed E-state index contributed by atoms with van der Waals surface area (Å²) in [4.78, 5) is 31.7. The van der Waals surface area contributed by atoms with Crippen molar-refractivity contribution in [3.05, 3.63) is 22.5 Å². The highest BCUT2D eigenvalue weighted by molar-refractivity contribution is 9.11. The van der Waals surface area contributed by atoms with E-state index in [2.05, 4.69) is 41.1 Å². The summed E-state index contributed by atoms with van der Waals surface area (Å²) < 4.78 is 22.1. The Labute approximate surface area is 170 Å². The van der Waals surface area contributed by atoms with E-state index in [1.807, 2.05) is 0 Å². The summed E-state index contributed by atoms with van der Waals surface area (Å²) in [6.07, 6.45) is -3.87. The van der Waals surface area contributed by atoms with Crippen LogP contribution in [0, 0.1) is 0 Å². The maximum Gasteiger partial charge on any atom is 0.469 e. The van der Waals surface area contributed by atoms with E-state index < -0.39 is 39.0 Å². The number of aliphatic hydroxyl groups is 2. The monoisotopic (exact) mass is 495 g/mol. The molecule has 0 saturated carbocycles. The zero-order valence-electron chi connectivity index (χ0n) is 13.9. The second-order valence-corrected chi connectivity index (χ2v) is 8.09. The number of rotatable bonds is 6. The molecule has 0 spiro atoms. The molecular formula is C13H15BrN5O7PS. The molecule has 1 saturated heterocycles. The van der Waals surface area contributed by atoms with E-state index in [0.29, 0.717) is 5.16 Å². The third-order valence-electron chi connectivity index (χ3n) is 3.74. The van der Waals surface area contributed by atoms with Crippen LogP contribution in [0.4, 0.5) is 5.82 Å². The molecule has 1 aliphatic heterocycles. The topological polar surface area (TPSA) is 186 Å². The number of ether oxygens (including phenoxy) is 1. The van der Waals surface area contributed by atoms with E-state index >= 15 is 0 Å². The van der Waals surface area contributed by atoms with Crippen LogP contribution in [-0.4, -0.2) is 64.4 Å². The normalized spacial score (nSPS) is 25.0. The fraction of sp³-hybridized carbons (Fsp3) is 0.385. The van der Waals surface area contributed by atoms with Gasteiger partial charge in [-0.3, -0.25) is 9.09 Å². The van der Waals surface area contributed by atoms with E-state index in [-0.39, 0.29) is 17.0 Å². The van der Waals surface area contributed by atoms with Crippen LogP contribution in [0.5, 0.6) is 0 Å². The summed E-state index contributed by atoms with van der Waals surface area (Å²) >= 11 is 4.22. The van der Waals surface area contributed by atoms with Crippen molar-refractivity contribution < 1.29 is 33.8 Å². The van der Waals surface area contributed by atoms with Crippen LogP contribution >= 0.6 is 35.5 Å². The lowest BCUT2D eigenvalue weighted by Gasteiger charge is -2.16. The summed E-state index contributed by atoms with van der Waals surface area (Å²) in [7, 11) is -4.76. The number of phosphoric ester groups is 1. The molecular weight excluding hydrogens is 481 g/mol. The van der Waals surface area contributed by atoms with Crippen molar-refractivity contribution in [2.45, 2.75) is 29.7 Å². The molecule has 1 fully saturated rings. The number of hydrogen-bond donors (Lipinski definition) is 5. The molecule has 0 radical (unpaired) electrons. The van der Waals surface area contributed by atoms with Gasteiger partial charge in [-0.1, -0.05) is 15.9 Å². The molecule has 0 bridgehead atoms. The van der Waals surface area contributed by atoms with Gasteiger partial charge >= 0.3 is 7.82 Å². The number of aromatic nitrogens is 4. The van der Waals surface area contributed by atoms with E-state index in [9.17, 15) is 14.8 Å². The molecule has 1 aliphatic rings. The van der Waals surface area contributed by atoms with Gasteiger partial charge < -0.3 is 30.5 Å². The van der Waals surface area contributed by atoms with Crippen molar-refractivity contribution in [3.63, 3.8) is 0 Å². The largest absolute Gasteiger partial charge is 0.469 e. The number of nitrogens with two attached hydrogens (primary N) is 1. The van der Waals surface area contributed by atoms with Crippen LogP contribution in [0.25, 0.3) is 11.2 Å². The van der Waals surface area contributed by atoms with Gasteiger partial charge in [-0.15, -0.1) is 5.73 Å². The van der Waals surface area contributed by atoms with Crippen LogP contribution in [0.1, 0.15) is 6.23 Å². The third kappa shape index (κ3) is 4.63. The van der Waals surface area contributed by atoms with Gasteiger partial charge in [0.05, 0.1) is 12.9 Å². The second kappa shape index (κ2) is 8.59. The van der Waals surface area contributed by atoms with Crippen LogP contribution in [-0.2, 0) is 13.8 Å². The summed E-state index contributed by atoms with van der Waals surface area (Å²) in [6, 6.07) is 0. The van der Waals surface area contributed by atoms with Gasteiger partial charge in [-0.05, 0) is 11.8 Å². The Morgan fingerprint density at radius 1 is 1.43 bits per heavy atom. The lowest BCUT2D eigenvalue weighted by atomic mass is 10.1. The van der Waals surface area contributed by atoms with Gasteiger partial charge in [-0.2, -0.15) is 0 Å². The highest BCUT2D eigenvalue weighted by atomic mass is 79.9. The molecule has 0 amide bonds. The van der Waals surface area contributed by atoms with Crippen molar-refractivity contribution in [1.29, 1.82) is 0 Å². The molecule has 3 rings (SSSR count). The lowest BCUT2D eigenvalue weighted by Crippen LogP contribution is -2.33. The number of aliphatic hydroxyl groups excluding tert-OH is 2. The zero-order chi connectivity index (χ0) is 20.5. The van der Waals surface area contributed by atoms with Gasteiger partial charge in [-0.25, -0.2) is 19.5 Å². The third-order valence-corrected chi connectivity index (χ3v) is 5.14. The number of nitrogens with zero attached hydrogens (tertiary/aromatic N) is 4. The number of imidazole rings is 1. The fourth-order valence-corrected chi connectivity index (χ4v) is 3.72. The lowest BCUT2D eigenvalue weighted by molar-refractivity contribution is -0.0504. The van der Waals surface area contributed by atoms with Crippen LogP contribution in [0.2, 0.25) is 0 Å². The number of nitrogen functional groups attached to an aromatic ring is 1. The number of halogens is 1. The molecule has 28 heavy (non-hydrogen) atoms. The molecule has 6 N–H and O–H groups in total. The highest BCUT2D eigenvalue weighted by Gasteiger charge is 2.45. The Morgan fingerprint density at radius 3 is 2.86 bits per heavy atom. The maximum atomic E-state index is 10.9. The van der Waals surface area contributed by atoms with E-state index in [4.69, 9.17) is 20.3 Å². The van der Waals surface area contributed by atoms with Crippen molar-refractivity contribution in [3.8, 4) is 0 Å². The zero-order valence-corrected chi connectivity index (χ0v) is 17.2. The summed E-state index contributed by atoms with van der Waals surface area (Å²) in [5.41, 5.74) is 9.21. The Kier molecular flexibility index (Phi) is 6.57. The van der Waals surface area contributed by atoms with Gasteiger partial charge in [0, 0.05) is 10.4 Å². The predicted molar refractivity (Wildman–Crippen MR) is 101 cm³/mol. The Bertz CT molecular complexity index is 978. The van der Waals surface area contributed by atoms with E-state index in [1.54, 1.807) is 5.41 Å². The highest BCUT2D eigenvalue weighted by Crippen LogP contribution is 2.39. The minimum atomic E-state index is -4.76. The molecule has 152 valence electrons. The second-order valence-electron chi connectivity index (χ2n) is 5.56. The first-order chi connectivity index (χ1) is 13.2. The van der Waals surface area contributed by atoms with Crippen LogP contribution in [0.15, 0.2) is 27.6 Å². The minimum absolute atomic E-state index is 0.108. The number of thioether (sulfide) groups is 1. The first-order valence-corrected chi connectivity index (χ1v) is 10.9. The molecule has 0 aliphatic carbocycles. The molecule has 4 atom stereocenters. The van der Waals surface area contributed by atoms with Crippen molar-refractivity contribution in [1.82, 2.24) is 19.5 Å². The maximum absolute atomic E-state index is 10.9. The Balaban J connectivity index is 1.90. The van der Waals surface area contributed by atoms with Gasteiger partial charge in [0.15, 0.2) is 22.8 Å². The number of hydrogen-bond acceptors (Lipinski definition) is 10. The van der Waals surface area contributed by atoms with E-state index in [0.717, 1.165) is 11.8 Å². The SMILES string of the molecule is Nc1nc(SC=C=CBr)nc2c1ncn2[C@@H]1O[C@H](COP(=O)(O)O)[C@@H](O)[C@H]1O. The molecule has 3 heterocycles. The van der Waals surface area contributed by atoms with E-state index in [1.165, 1.54) is 15.9 Å². The summed E-state index contributed by atoms with van der Waals surface area (Å²) in [5, 5.41) is 22.3. The molecule has 15 heteroatoms. The molecule has 12 nitrogen and oxygen atoms in total.